The Morgan fingerprint density at radius 2 is 1.55 bits per heavy atom. The summed E-state index contributed by atoms with van der Waals surface area (Å²) < 4.78 is 15.5. The maximum atomic E-state index is 13.2. The van der Waals surface area contributed by atoms with Crippen molar-refractivity contribution < 1.29 is 47.6 Å². The van der Waals surface area contributed by atoms with E-state index in [4.69, 9.17) is 15.5 Å². The van der Waals surface area contributed by atoms with Gasteiger partial charge < -0.3 is 36.8 Å². The minimum absolute atomic E-state index is 0.0697. The summed E-state index contributed by atoms with van der Waals surface area (Å²) in [7, 11) is -4.78. The molecule has 44 heavy (non-hydrogen) atoms. The zero-order valence-corrected chi connectivity index (χ0v) is 25.7. The first-order valence-electron chi connectivity index (χ1n) is 13.7. The number of benzene rings is 1. The second kappa shape index (κ2) is 18.4. The fraction of sp³-hybridized carbons (Fsp3) is 0.481. The van der Waals surface area contributed by atoms with Gasteiger partial charge in [0.2, 0.25) is 35.4 Å². The highest BCUT2D eigenvalue weighted by molar-refractivity contribution is 7.46. The highest BCUT2D eigenvalue weighted by atomic mass is 31.2. The van der Waals surface area contributed by atoms with Crippen LogP contribution in [0.25, 0.3) is 0 Å². The van der Waals surface area contributed by atoms with Gasteiger partial charge in [-0.25, -0.2) is 4.57 Å². The SMILES string of the molecule is C=CCNC(=O)[C@H](CC(C)C)NC(=O)CNC(=O)[C@H](CCC(N)=O)NC(=O)[C@H](Cc1ccc(OP(=O)(O)O)cc1)NC(C)=O. The Bertz CT molecular complexity index is 1230. The molecule has 0 bridgehead atoms. The third kappa shape index (κ3) is 15.8. The van der Waals surface area contributed by atoms with Gasteiger partial charge in [-0.3, -0.25) is 38.6 Å². The molecule has 1 aromatic carbocycles. The number of nitrogens with one attached hydrogen (secondary N) is 5. The number of rotatable bonds is 19. The van der Waals surface area contributed by atoms with Crippen LogP contribution in [0.1, 0.15) is 45.6 Å². The maximum Gasteiger partial charge on any atom is 0.524 e. The molecular formula is C27H41N6O10P. The zero-order chi connectivity index (χ0) is 33.4. The first-order chi connectivity index (χ1) is 20.5. The van der Waals surface area contributed by atoms with Gasteiger partial charge in [0.1, 0.15) is 23.9 Å². The van der Waals surface area contributed by atoms with Crippen molar-refractivity contribution in [2.45, 2.75) is 64.6 Å². The van der Waals surface area contributed by atoms with Crippen LogP contribution in [0.15, 0.2) is 36.9 Å². The number of phosphoric acid groups is 1. The summed E-state index contributed by atoms with van der Waals surface area (Å²) in [6.07, 6.45) is 1.25. The standard InChI is InChI=1S/C27H41N6O10P/c1-5-12-29-26(38)21(13-16(2)3)32-24(36)15-30-25(37)20(10-11-23(28)35)33-27(39)22(31-17(4)34)14-18-6-8-19(9-7-18)43-44(40,41)42/h5-9,16,20-22H,1,10-15H2,2-4H3,(H2,28,35)(H,29,38)(H,30,37)(H,31,34)(H,32,36)(H,33,39)(H2,40,41,42)/t20-,21-,22-/m0/s1. The molecule has 6 amide bonds. The number of carbonyl (C=O) groups excluding carboxylic acids is 6. The number of hydrogen-bond donors (Lipinski definition) is 8. The molecule has 0 aliphatic heterocycles. The summed E-state index contributed by atoms with van der Waals surface area (Å²) in [6.45, 7) is 8.12. The van der Waals surface area contributed by atoms with E-state index in [1.54, 1.807) is 0 Å². The van der Waals surface area contributed by atoms with Crippen molar-refractivity contribution in [3.8, 4) is 5.75 Å². The molecule has 0 heterocycles. The van der Waals surface area contributed by atoms with Gasteiger partial charge in [-0.2, -0.15) is 0 Å². The fourth-order valence-electron chi connectivity index (χ4n) is 3.88. The first-order valence-corrected chi connectivity index (χ1v) is 15.2. The van der Waals surface area contributed by atoms with E-state index in [0.29, 0.717) is 12.0 Å². The Kier molecular flexibility index (Phi) is 15.8. The van der Waals surface area contributed by atoms with Crippen LogP contribution in [0, 0.1) is 5.92 Å². The van der Waals surface area contributed by atoms with Crippen LogP contribution >= 0.6 is 7.82 Å². The number of amides is 6. The zero-order valence-electron chi connectivity index (χ0n) is 24.8. The molecule has 244 valence electrons. The quantitative estimate of drug-likeness (QED) is 0.0669. The number of hydrogen-bond acceptors (Lipinski definition) is 8. The van der Waals surface area contributed by atoms with Crippen molar-refractivity contribution in [3.63, 3.8) is 0 Å². The summed E-state index contributed by atoms with van der Waals surface area (Å²) in [6, 6.07) is 2.00. The molecule has 0 saturated carbocycles. The summed E-state index contributed by atoms with van der Waals surface area (Å²) in [5, 5.41) is 12.5. The lowest BCUT2D eigenvalue weighted by Crippen LogP contribution is -2.55. The lowest BCUT2D eigenvalue weighted by atomic mass is 10.0. The molecule has 16 nitrogen and oxygen atoms in total. The lowest BCUT2D eigenvalue weighted by Gasteiger charge is -2.23. The van der Waals surface area contributed by atoms with Crippen LogP contribution in [0.4, 0.5) is 0 Å². The third-order valence-corrected chi connectivity index (χ3v) is 6.25. The molecule has 0 radical (unpaired) electrons. The molecule has 3 atom stereocenters. The smallest absolute Gasteiger partial charge is 0.404 e. The van der Waals surface area contributed by atoms with E-state index < -0.39 is 67.9 Å². The van der Waals surface area contributed by atoms with Gasteiger partial charge in [0.05, 0.1) is 6.54 Å². The molecular weight excluding hydrogens is 599 g/mol. The van der Waals surface area contributed by atoms with E-state index in [2.05, 4.69) is 37.7 Å². The molecule has 0 spiro atoms. The molecule has 1 aromatic rings. The first kappa shape index (κ1) is 37.8. The van der Waals surface area contributed by atoms with E-state index in [1.807, 2.05) is 13.8 Å². The second-order valence-corrected chi connectivity index (χ2v) is 11.4. The normalized spacial score (nSPS) is 13.0. The molecule has 1 rings (SSSR count). The fourth-order valence-corrected chi connectivity index (χ4v) is 4.27. The van der Waals surface area contributed by atoms with Crippen LogP contribution < -0.4 is 36.8 Å². The number of carbonyl (C=O) groups is 6. The molecule has 9 N–H and O–H groups in total. The van der Waals surface area contributed by atoms with Gasteiger partial charge in [0.15, 0.2) is 0 Å². The summed E-state index contributed by atoms with van der Waals surface area (Å²) in [5.74, 6) is -4.05. The molecule has 0 fully saturated rings. The largest absolute Gasteiger partial charge is 0.524 e. The molecule has 0 saturated heterocycles. The van der Waals surface area contributed by atoms with E-state index in [0.717, 1.165) is 0 Å². The lowest BCUT2D eigenvalue weighted by molar-refractivity contribution is -0.133. The summed E-state index contributed by atoms with van der Waals surface area (Å²) in [5.41, 5.74) is 5.69. The van der Waals surface area contributed by atoms with E-state index >= 15 is 0 Å². The van der Waals surface area contributed by atoms with Crippen molar-refractivity contribution >= 4 is 43.3 Å². The maximum absolute atomic E-state index is 13.2. The Morgan fingerprint density at radius 3 is 2.07 bits per heavy atom. The summed E-state index contributed by atoms with van der Waals surface area (Å²) >= 11 is 0. The van der Waals surface area contributed by atoms with Crippen molar-refractivity contribution in [1.82, 2.24) is 26.6 Å². The highest BCUT2D eigenvalue weighted by Crippen LogP contribution is 2.37. The van der Waals surface area contributed by atoms with Crippen LogP contribution in [0.5, 0.6) is 5.75 Å². The Morgan fingerprint density at radius 1 is 0.932 bits per heavy atom. The average molecular weight is 641 g/mol. The Balaban J connectivity index is 2.97. The molecule has 0 aliphatic rings. The van der Waals surface area contributed by atoms with Gasteiger partial charge in [0.25, 0.3) is 0 Å². The molecule has 0 aliphatic carbocycles. The van der Waals surface area contributed by atoms with E-state index in [-0.39, 0.29) is 37.5 Å². The van der Waals surface area contributed by atoms with Crippen LogP contribution in [-0.4, -0.2) is 76.4 Å². The molecule has 17 heteroatoms. The van der Waals surface area contributed by atoms with Crippen molar-refractivity contribution in [2.75, 3.05) is 13.1 Å². The van der Waals surface area contributed by atoms with Crippen LogP contribution in [0.2, 0.25) is 0 Å². The Hall–Kier alpha value is -4.27. The predicted molar refractivity (Wildman–Crippen MR) is 158 cm³/mol. The van der Waals surface area contributed by atoms with Crippen LogP contribution in [-0.2, 0) is 39.8 Å². The summed E-state index contributed by atoms with van der Waals surface area (Å²) in [4.78, 5) is 92.2. The van der Waals surface area contributed by atoms with Crippen molar-refractivity contribution in [1.29, 1.82) is 0 Å². The predicted octanol–water partition coefficient (Wildman–Crippen LogP) is -1.10. The van der Waals surface area contributed by atoms with Crippen molar-refractivity contribution in [2.24, 2.45) is 11.7 Å². The van der Waals surface area contributed by atoms with Gasteiger partial charge in [0, 0.05) is 26.3 Å². The van der Waals surface area contributed by atoms with Crippen LogP contribution in [0.3, 0.4) is 0 Å². The number of primary amides is 1. The number of phosphoric ester groups is 1. The Labute approximate surface area is 255 Å². The highest BCUT2D eigenvalue weighted by Gasteiger charge is 2.28. The van der Waals surface area contributed by atoms with E-state index in [9.17, 15) is 33.3 Å². The van der Waals surface area contributed by atoms with E-state index in [1.165, 1.54) is 37.3 Å². The molecule has 0 unspecified atom stereocenters. The third-order valence-electron chi connectivity index (χ3n) is 5.80. The van der Waals surface area contributed by atoms with Gasteiger partial charge >= 0.3 is 7.82 Å². The topological polar surface area (TPSA) is 255 Å². The minimum Gasteiger partial charge on any atom is -0.404 e. The molecule has 0 aromatic heterocycles. The van der Waals surface area contributed by atoms with Gasteiger partial charge in [-0.15, -0.1) is 6.58 Å². The monoisotopic (exact) mass is 640 g/mol. The van der Waals surface area contributed by atoms with Crippen molar-refractivity contribution in [3.05, 3.63) is 42.5 Å². The average Bonchev–Trinajstić information content (AvgIpc) is 2.91. The van der Waals surface area contributed by atoms with Gasteiger partial charge in [-0.1, -0.05) is 32.1 Å². The second-order valence-electron chi connectivity index (χ2n) is 10.3. The minimum atomic E-state index is -4.78. The number of nitrogens with two attached hydrogens (primary N) is 1. The van der Waals surface area contributed by atoms with Gasteiger partial charge in [-0.05, 0) is 36.5 Å².